The van der Waals surface area contributed by atoms with Crippen molar-refractivity contribution in [1.82, 2.24) is 0 Å². The number of hydrogen-bond donors (Lipinski definition) is 0. The van der Waals surface area contributed by atoms with Gasteiger partial charge in [-0.05, 0) is 64.2 Å². The van der Waals surface area contributed by atoms with E-state index < -0.39 is 0 Å². The van der Waals surface area contributed by atoms with E-state index in [1.807, 2.05) is 66.7 Å². The maximum absolute atomic E-state index is 12.5. The molecule has 0 N–H and O–H groups in total. The fourth-order valence-electron chi connectivity index (χ4n) is 4.59. The fraction of sp³-hybridized carbons (Fsp3) is 0.306. The zero-order valence-corrected chi connectivity index (χ0v) is 23.1. The quantitative estimate of drug-likeness (QED) is 0.0889. The molecular weight excluding hydrogens is 480 g/mol. The van der Waals surface area contributed by atoms with Gasteiger partial charge in [-0.2, -0.15) is 0 Å². The molecule has 3 heteroatoms. The van der Waals surface area contributed by atoms with Gasteiger partial charge >= 0.3 is 5.97 Å². The van der Waals surface area contributed by atoms with Crippen LogP contribution in [0, 0.1) is 0 Å². The summed E-state index contributed by atoms with van der Waals surface area (Å²) in [5.74, 6) is 0.619. The molecule has 0 spiro atoms. The molecule has 0 unspecified atom stereocenters. The first-order valence-electron chi connectivity index (χ1n) is 14.4. The van der Waals surface area contributed by atoms with Gasteiger partial charge in [-0.25, -0.2) is 4.79 Å². The molecule has 3 nitrogen and oxygen atoms in total. The topological polar surface area (TPSA) is 35.5 Å². The van der Waals surface area contributed by atoms with E-state index in [0.29, 0.717) is 5.56 Å². The molecule has 0 aliphatic carbocycles. The van der Waals surface area contributed by atoms with E-state index in [4.69, 9.17) is 9.47 Å². The number of hydrogen-bond acceptors (Lipinski definition) is 3. The van der Waals surface area contributed by atoms with Crippen molar-refractivity contribution in [2.24, 2.45) is 0 Å². The van der Waals surface area contributed by atoms with Gasteiger partial charge in [-0.15, -0.1) is 0 Å². The Kier molecular flexibility index (Phi) is 11.2. The lowest BCUT2D eigenvalue weighted by Gasteiger charge is -2.07. The molecule has 0 atom stereocenters. The minimum atomic E-state index is -0.310. The van der Waals surface area contributed by atoms with Crippen molar-refractivity contribution in [2.45, 2.75) is 64.9 Å². The lowest BCUT2D eigenvalue weighted by Crippen LogP contribution is -2.05. The largest absolute Gasteiger partial charge is 0.494 e. The second-order valence-electron chi connectivity index (χ2n) is 10.1. The van der Waals surface area contributed by atoms with Crippen LogP contribution in [0.1, 0.15) is 85.3 Å². The molecule has 0 aromatic heterocycles. The van der Waals surface area contributed by atoms with Gasteiger partial charge in [0.05, 0.1) is 12.2 Å². The summed E-state index contributed by atoms with van der Waals surface area (Å²) in [4.78, 5) is 12.5. The Morgan fingerprint density at radius 3 is 2.08 bits per heavy atom. The molecule has 0 saturated carbocycles. The predicted molar refractivity (Wildman–Crippen MR) is 163 cm³/mol. The van der Waals surface area contributed by atoms with Crippen molar-refractivity contribution in [2.75, 3.05) is 6.61 Å². The summed E-state index contributed by atoms with van der Waals surface area (Å²) >= 11 is 0. The van der Waals surface area contributed by atoms with E-state index in [2.05, 4.69) is 43.3 Å². The van der Waals surface area contributed by atoms with Crippen molar-refractivity contribution >= 4 is 28.9 Å². The monoisotopic (exact) mass is 520 g/mol. The van der Waals surface area contributed by atoms with Gasteiger partial charge in [0, 0.05) is 0 Å². The summed E-state index contributed by atoms with van der Waals surface area (Å²) in [5, 5.41) is 2.10. The Bertz CT molecular complexity index is 1320. The van der Waals surface area contributed by atoms with Gasteiger partial charge in [0.2, 0.25) is 0 Å². The number of unbranched alkanes of at least 4 members (excludes halogenated alkanes) is 7. The van der Waals surface area contributed by atoms with Crippen molar-refractivity contribution in [3.05, 3.63) is 113 Å². The number of carbonyl (C=O) groups excluding carboxylic acids is 1. The average Bonchev–Trinajstić information content (AvgIpc) is 2.98. The second-order valence-corrected chi connectivity index (χ2v) is 10.1. The maximum atomic E-state index is 12.5. The molecule has 4 aromatic carbocycles. The van der Waals surface area contributed by atoms with E-state index in [-0.39, 0.29) is 12.6 Å². The Hall–Kier alpha value is -3.85. The van der Waals surface area contributed by atoms with Crippen LogP contribution >= 0.6 is 0 Å². The standard InChI is InChI=1S/C36H40O3/c1-2-3-4-5-6-7-8-12-25-38-35-23-18-29(19-24-35)15-16-30-17-20-33-27-34(22-21-32(33)26-30)36(37)39-28-31-13-10-9-11-14-31/h9-11,13-24,26-27H,2-8,12,25,28H2,1H3. The first kappa shape index (κ1) is 28.2. The summed E-state index contributed by atoms with van der Waals surface area (Å²) < 4.78 is 11.4. The molecular formula is C36H40O3. The molecule has 0 aliphatic rings. The van der Waals surface area contributed by atoms with Gasteiger partial charge in [-0.3, -0.25) is 0 Å². The fourth-order valence-corrected chi connectivity index (χ4v) is 4.59. The second kappa shape index (κ2) is 15.5. The number of carbonyl (C=O) groups is 1. The lowest BCUT2D eigenvalue weighted by atomic mass is 10.0. The minimum absolute atomic E-state index is 0.272. The number of rotatable bonds is 15. The van der Waals surface area contributed by atoms with E-state index in [0.717, 1.165) is 46.2 Å². The number of ether oxygens (including phenoxy) is 2. The summed E-state index contributed by atoms with van der Waals surface area (Å²) in [6, 6.07) is 29.9. The molecule has 0 heterocycles. The van der Waals surface area contributed by atoms with Gasteiger partial charge < -0.3 is 9.47 Å². The first-order chi connectivity index (χ1) is 19.2. The molecule has 202 valence electrons. The number of fused-ring (bicyclic) bond motifs is 1. The molecule has 0 saturated heterocycles. The summed E-state index contributed by atoms with van der Waals surface area (Å²) in [6.45, 7) is 3.32. The van der Waals surface area contributed by atoms with Gasteiger partial charge in [-0.1, -0.05) is 125 Å². The smallest absolute Gasteiger partial charge is 0.338 e. The molecule has 0 fully saturated rings. The van der Waals surface area contributed by atoms with Crippen LogP contribution in [0.3, 0.4) is 0 Å². The number of benzene rings is 4. The van der Waals surface area contributed by atoms with Crippen molar-refractivity contribution in [3.8, 4) is 5.75 Å². The van der Waals surface area contributed by atoms with Crippen molar-refractivity contribution in [3.63, 3.8) is 0 Å². The summed E-state index contributed by atoms with van der Waals surface area (Å²) in [7, 11) is 0. The highest BCUT2D eigenvalue weighted by Crippen LogP contribution is 2.21. The van der Waals surface area contributed by atoms with E-state index in [1.54, 1.807) is 0 Å². The van der Waals surface area contributed by atoms with Gasteiger partial charge in [0.15, 0.2) is 0 Å². The Balaban J connectivity index is 1.23. The molecule has 0 aliphatic heterocycles. The molecule has 0 amide bonds. The van der Waals surface area contributed by atoms with Crippen LogP contribution in [-0.4, -0.2) is 12.6 Å². The van der Waals surface area contributed by atoms with E-state index in [1.165, 1.54) is 44.9 Å². The minimum Gasteiger partial charge on any atom is -0.494 e. The average molecular weight is 521 g/mol. The van der Waals surface area contributed by atoms with Crippen LogP contribution in [0.4, 0.5) is 0 Å². The summed E-state index contributed by atoms with van der Waals surface area (Å²) in [5.41, 5.74) is 3.78. The van der Waals surface area contributed by atoms with Crippen molar-refractivity contribution < 1.29 is 14.3 Å². The molecule has 4 aromatic rings. The van der Waals surface area contributed by atoms with Gasteiger partial charge in [0.25, 0.3) is 0 Å². The highest BCUT2D eigenvalue weighted by atomic mass is 16.5. The van der Waals surface area contributed by atoms with Crippen LogP contribution in [-0.2, 0) is 11.3 Å². The Labute approximate surface area is 233 Å². The zero-order valence-electron chi connectivity index (χ0n) is 23.1. The predicted octanol–water partition coefficient (Wildman–Crippen LogP) is 9.89. The Morgan fingerprint density at radius 1 is 0.667 bits per heavy atom. The van der Waals surface area contributed by atoms with Crippen LogP contribution < -0.4 is 4.74 Å². The molecule has 0 bridgehead atoms. The SMILES string of the molecule is CCCCCCCCCCOc1ccc(C=Cc2ccc3cc(C(=O)OCc4ccccc4)ccc3c2)cc1. The Morgan fingerprint density at radius 2 is 1.31 bits per heavy atom. The van der Waals surface area contributed by atoms with Crippen LogP contribution in [0.5, 0.6) is 5.75 Å². The normalized spacial score (nSPS) is 11.2. The third kappa shape index (κ3) is 9.44. The van der Waals surface area contributed by atoms with Crippen LogP contribution in [0.15, 0.2) is 91.0 Å². The van der Waals surface area contributed by atoms with Crippen LogP contribution in [0.2, 0.25) is 0 Å². The van der Waals surface area contributed by atoms with Crippen LogP contribution in [0.25, 0.3) is 22.9 Å². The van der Waals surface area contributed by atoms with E-state index in [9.17, 15) is 4.79 Å². The van der Waals surface area contributed by atoms with Crippen molar-refractivity contribution in [1.29, 1.82) is 0 Å². The highest BCUT2D eigenvalue weighted by Gasteiger charge is 2.08. The highest BCUT2D eigenvalue weighted by molar-refractivity contribution is 5.96. The molecule has 39 heavy (non-hydrogen) atoms. The summed E-state index contributed by atoms with van der Waals surface area (Å²) in [6.07, 6.45) is 14.7. The maximum Gasteiger partial charge on any atom is 0.338 e. The lowest BCUT2D eigenvalue weighted by molar-refractivity contribution is 0.0473. The van der Waals surface area contributed by atoms with E-state index >= 15 is 0 Å². The third-order valence-corrected chi connectivity index (χ3v) is 6.93. The zero-order chi connectivity index (χ0) is 27.1. The number of esters is 1. The van der Waals surface area contributed by atoms with Gasteiger partial charge in [0.1, 0.15) is 12.4 Å². The molecule has 0 radical (unpaired) electrons. The molecule has 4 rings (SSSR count). The first-order valence-corrected chi connectivity index (χ1v) is 14.4. The third-order valence-electron chi connectivity index (χ3n) is 6.93.